The van der Waals surface area contributed by atoms with E-state index in [1.54, 1.807) is 20.5 Å². The smallest absolute Gasteiger partial charge is 0.267 e. The van der Waals surface area contributed by atoms with Crippen LogP contribution in [0.25, 0.3) is 21.9 Å². The van der Waals surface area contributed by atoms with Crippen molar-refractivity contribution >= 4 is 27.8 Å². The quantitative estimate of drug-likeness (QED) is 0.245. The molecule has 2 N–H and O–H groups in total. The highest BCUT2D eigenvalue weighted by atomic mass is 16.5. The monoisotopic (exact) mass is 600 g/mol. The van der Waals surface area contributed by atoms with Gasteiger partial charge in [0.05, 0.1) is 25.9 Å². The normalized spacial score (nSPS) is 21.8. The third-order valence-electron chi connectivity index (χ3n) is 10.0. The first-order valence-corrected chi connectivity index (χ1v) is 16.2. The Balaban J connectivity index is 0.964. The topological polar surface area (TPSA) is 92.2 Å². The van der Waals surface area contributed by atoms with E-state index in [1.165, 1.54) is 51.7 Å². The average molecular weight is 601 g/mol. The number of amides is 1. The number of likely N-dealkylation sites (tertiary alicyclic amines) is 1. The second-order valence-electron chi connectivity index (χ2n) is 12.7. The van der Waals surface area contributed by atoms with Gasteiger partial charge in [-0.2, -0.15) is 0 Å². The zero-order valence-electron chi connectivity index (χ0n) is 25.9. The van der Waals surface area contributed by atoms with Gasteiger partial charge in [-0.3, -0.25) is 4.79 Å². The third kappa shape index (κ3) is 5.87. The Labute approximate surface area is 258 Å². The summed E-state index contributed by atoms with van der Waals surface area (Å²) in [6.07, 6.45) is 10.5. The van der Waals surface area contributed by atoms with E-state index in [0.717, 1.165) is 59.7 Å². The number of rotatable bonds is 9. The van der Waals surface area contributed by atoms with E-state index in [-0.39, 0.29) is 11.9 Å². The van der Waals surface area contributed by atoms with Crippen LogP contribution >= 0.6 is 0 Å². The summed E-state index contributed by atoms with van der Waals surface area (Å²) in [6, 6.07) is 12.4. The molecule has 2 aromatic heterocycles. The Morgan fingerprint density at radius 3 is 2.68 bits per heavy atom. The van der Waals surface area contributed by atoms with Crippen LogP contribution in [0, 0.1) is 5.92 Å². The first kappa shape index (κ1) is 29.0. The van der Waals surface area contributed by atoms with E-state index in [1.807, 2.05) is 36.4 Å². The standard InChI is InChI=1S/C35H44N4O5/c1-41-26-17-32(42-2)34-24(22-44-33(34)18-26)21-43-31-10-5-8-28-27(31)19-29(37-28)35(40)36-25-11-15-38(16-12-25)20-23-7-6-14-39-13-4-3-9-30(23)39/h5,8,10,17-19,22-23,25,30,37H,3-4,6-7,9,11-16,20-21H2,1-2H3,(H,36,40)/t23-,30?/m0/s1. The number of methoxy groups -OCH3 is 2. The summed E-state index contributed by atoms with van der Waals surface area (Å²) in [5.74, 6) is 2.78. The molecule has 2 aromatic carbocycles. The molecular weight excluding hydrogens is 556 g/mol. The number of nitrogens with zero attached hydrogens (tertiary/aromatic N) is 2. The number of carbonyl (C=O) groups is 1. The predicted octanol–water partition coefficient (Wildman–Crippen LogP) is 5.97. The number of hydrogen-bond donors (Lipinski definition) is 2. The maximum atomic E-state index is 13.3. The van der Waals surface area contributed by atoms with Crippen molar-refractivity contribution in [1.82, 2.24) is 20.1 Å². The molecule has 3 aliphatic heterocycles. The SMILES string of the molecule is COc1cc(OC)c2c(COc3cccc4[nH]c(C(=O)NC5CCN(C[C@@H]6CCCN7CCCCC67)CC5)cc34)coc2c1. The molecule has 3 aliphatic rings. The fourth-order valence-electron chi connectivity index (χ4n) is 7.73. The molecule has 0 saturated carbocycles. The summed E-state index contributed by atoms with van der Waals surface area (Å²) in [4.78, 5) is 22.0. The van der Waals surface area contributed by atoms with Crippen LogP contribution in [-0.4, -0.2) is 79.7 Å². The third-order valence-corrected chi connectivity index (χ3v) is 10.0. The van der Waals surface area contributed by atoms with E-state index in [9.17, 15) is 4.79 Å². The van der Waals surface area contributed by atoms with Crippen molar-refractivity contribution in [3.63, 3.8) is 0 Å². The van der Waals surface area contributed by atoms with Gasteiger partial charge >= 0.3 is 0 Å². The van der Waals surface area contributed by atoms with Gasteiger partial charge in [-0.25, -0.2) is 0 Å². The number of benzene rings is 2. The van der Waals surface area contributed by atoms with Crippen molar-refractivity contribution in [1.29, 1.82) is 0 Å². The van der Waals surface area contributed by atoms with Crippen molar-refractivity contribution < 1.29 is 23.4 Å². The number of H-pyrrole nitrogens is 1. The molecule has 44 heavy (non-hydrogen) atoms. The van der Waals surface area contributed by atoms with Gasteiger partial charge in [-0.05, 0) is 75.7 Å². The van der Waals surface area contributed by atoms with Gasteiger partial charge in [-0.1, -0.05) is 12.5 Å². The fourth-order valence-corrected chi connectivity index (χ4v) is 7.73. The van der Waals surface area contributed by atoms with E-state index in [2.05, 4.69) is 20.1 Å². The van der Waals surface area contributed by atoms with Crippen LogP contribution in [0.3, 0.4) is 0 Å². The minimum atomic E-state index is -0.0600. The molecule has 2 atom stereocenters. The van der Waals surface area contributed by atoms with Gasteiger partial charge in [-0.15, -0.1) is 0 Å². The molecule has 4 aromatic rings. The minimum Gasteiger partial charge on any atom is -0.496 e. The van der Waals surface area contributed by atoms with Gasteiger partial charge < -0.3 is 38.7 Å². The molecule has 5 heterocycles. The summed E-state index contributed by atoms with van der Waals surface area (Å²) in [6.45, 7) is 6.20. The number of carbonyl (C=O) groups excluding carboxylic acids is 1. The van der Waals surface area contributed by atoms with Gasteiger partial charge in [0, 0.05) is 60.3 Å². The Morgan fingerprint density at radius 1 is 0.977 bits per heavy atom. The molecule has 0 spiro atoms. The second-order valence-corrected chi connectivity index (χ2v) is 12.7. The van der Waals surface area contributed by atoms with Crippen LogP contribution in [-0.2, 0) is 6.61 Å². The maximum absolute atomic E-state index is 13.3. The Bertz CT molecular complexity index is 1600. The van der Waals surface area contributed by atoms with Gasteiger partial charge in [0.15, 0.2) is 0 Å². The van der Waals surface area contributed by atoms with Gasteiger partial charge in [0.25, 0.3) is 5.91 Å². The highest BCUT2D eigenvalue weighted by Crippen LogP contribution is 2.36. The summed E-state index contributed by atoms with van der Waals surface area (Å²) >= 11 is 0. The van der Waals surface area contributed by atoms with E-state index in [0.29, 0.717) is 35.1 Å². The number of nitrogens with one attached hydrogen (secondary N) is 2. The van der Waals surface area contributed by atoms with Crippen LogP contribution in [0.2, 0.25) is 0 Å². The molecule has 0 aliphatic carbocycles. The number of piperidine rings is 3. The zero-order chi connectivity index (χ0) is 30.0. The predicted molar refractivity (Wildman–Crippen MR) is 171 cm³/mol. The Hall–Kier alpha value is -3.69. The van der Waals surface area contributed by atoms with Crippen molar-refractivity contribution in [2.24, 2.45) is 5.92 Å². The number of hydrogen-bond acceptors (Lipinski definition) is 7. The zero-order valence-corrected chi connectivity index (χ0v) is 25.9. The minimum absolute atomic E-state index is 0.0600. The summed E-state index contributed by atoms with van der Waals surface area (Å²) < 4.78 is 23.0. The van der Waals surface area contributed by atoms with Crippen molar-refractivity contribution in [2.75, 3.05) is 46.9 Å². The Morgan fingerprint density at radius 2 is 1.84 bits per heavy atom. The highest BCUT2D eigenvalue weighted by Gasteiger charge is 2.34. The lowest BCUT2D eigenvalue weighted by molar-refractivity contribution is 0.0351. The number of ether oxygens (including phenoxy) is 3. The molecule has 1 unspecified atom stereocenters. The molecule has 0 bridgehead atoms. The maximum Gasteiger partial charge on any atom is 0.267 e. The molecular formula is C35H44N4O5. The van der Waals surface area contributed by atoms with Gasteiger partial charge in [0.1, 0.15) is 35.1 Å². The first-order valence-electron chi connectivity index (χ1n) is 16.2. The summed E-state index contributed by atoms with van der Waals surface area (Å²) in [7, 11) is 3.24. The molecule has 7 rings (SSSR count). The molecule has 3 fully saturated rings. The fraction of sp³-hybridized carbons (Fsp3) is 0.514. The number of aromatic nitrogens is 1. The summed E-state index contributed by atoms with van der Waals surface area (Å²) in [5.41, 5.74) is 2.97. The molecule has 9 nitrogen and oxygen atoms in total. The first-order chi connectivity index (χ1) is 21.6. The largest absolute Gasteiger partial charge is 0.496 e. The van der Waals surface area contributed by atoms with Crippen LogP contribution < -0.4 is 19.5 Å². The number of aromatic amines is 1. The van der Waals surface area contributed by atoms with Crippen LogP contribution in [0.15, 0.2) is 47.1 Å². The highest BCUT2D eigenvalue weighted by molar-refractivity contribution is 5.99. The molecule has 0 radical (unpaired) electrons. The number of furan rings is 1. The van der Waals surface area contributed by atoms with Crippen molar-refractivity contribution in [2.45, 2.75) is 63.6 Å². The van der Waals surface area contributed by atoms with Crippen molar-refractivity contribution in [3.05, 3.63) is 53.9 Å². The summed E-state index contributed by atoms with van der Waals surface area (Å²) in [5, 5.41) is 5.03. The lowest BCUT2D eigenvalue weighted by Crippen LogP contribution is -2.52. The second kappa shape index (κ2) is 12.7. The lowest BCUT2D eigenvalue weighted by atomic mass is 9.83. The van der Waals surface area contributed by atoms with E-state index in [4.69, 9.17) is 18.6 Å². The van der Waals surface area contributed by atoms with Crippen LogP contribution in [0.1, 0.15) is 61.0 Å². The Kier molecular flexibility index (Phi) is 8.41. The number of fused-ring (bicyclic) bond motifs is 3. The molecule has 9 heteroatoms. The average Bonchev–Trinajstić information content (AvgIpc) is 3.69. The van der Waals surface area contributed by atoms with Crippen LogP contribution in [0.4, 0.5) is 0 Å². The van der Waals surface area contributed by atoms with Crippen molar-refractivity contribution in [3.8, 4) is 17.2 Å². The molecule has 3 saturated heterocycles. The lowest BCUT2D eigenvalue weighted by Gasteiger charge is -2.46. The van der Waals surface area contributed by atoms with E-state index < -0.39 is 0 Å². The van der Waals surface area contributed by atoms with Crippen LogP contribution in [0.5, 0.6) is 17.2 Å². The molecule has 234 valence electrons. The molecule has 1 amide bonds. The van der Waals surface area contributed by atoms with E-state index >= 15 is 0 Å². The van der Waals surface area contributed by atoms with Gasteiger partial charge in [0.2, 0.25) is 0 Å².